The molecule has 0 aliphatic rings. The minimum absolute atomic E-state index is 0.0245. The second kappa shape index (κ2) is 5.21. The highest BCUT2D eigenvalue weighted by Crippen LogP contribution is 2.23. The van der Waals surface area contributed by atoms with E-state index in [0.29, 0.717) is 12.0 Å². The van der Waals surface area contributed by atoms with Gasteiger partial charge in [-0.3, -0.25) is 4.79 Å². The summed E-state index contributed by atoms with van der Waals surface area (Å²) in [4.78, 5) is 14.8. The van der Waals surface area contributed by atoms with E-state index in [1.165, 1.54) is 6.07 Å². The lowest BCUT2D eigenvalue weighted by atomic mass is 10.1. The van der Waals surface area contributed by atoms with Crippen molar-refractivity contribution in [3.05, 3.63) is 76.1 Å². The van der Waals surface area contributed by atoms with Crippen LogP contribution in [0.1, 0.15) is 11.1 Å². The number of benzene rings is 2. The fourth-order valence-electron chi connectivity index (χ4n) is 2.20. The van der Waals surface area contributed by atoms with Crippen molar-refractivity contribution in [2.75, 3.05) is 0 Å². The lowest BCUT2D eigenvalue weighted by molar-refractivity contribution is 0.304. The average molecular weight is 265 g/mol. The van der Waals surface area contributed by atoms with Gasteiger partial charge in [-0.2, -0.15) is 0 Å². The summed E-state index contributed by atoms with van der Waals surface area (Å²) in [5.74, 6) is 0.795. The molecule has 0 radical (unpaired) electrons. The third-order valence-corrected chi connectivity index (χ3v) is 3.29. The van der Waals surface area contributed by atoms with Crippen molar-refractivity contribution in [1.29, 1.82) is 0 Å². The molecule has 0 atom stereocenters. The van der Waals surface area contributed by atoms with E-state index in [0.717, 1.165) is 22.4 Å². The Labute approximate surface area is 116 Å². The van der Waals surface area contributed by atoms with E-state index in [4.69, 9.17) is 4.74 Å². The van der Waals surface area contributed by atoms with Crippen LogP contribution in [-0.4, -0.2) is 4.98 Å². The van der Waals surface area contributed by atoms with Crippen LogP contribution in [-0.2, 0) is 6.61 Å². The van der Waals surface area contributed by atoms with Crippen LogP contribution in [0.4, 0.5) is 0 Å². The smallest absolute Gasteiger partial charge is 0.189 e. The zero-order chi connectivity index (χ0) is 13.9. The molecular weight excluding hydrogens is 250 g/mol. The first-order chi connectivity index (χ1) is 9.74. The van der Waals surface area contributed by atoms with Gasteiger partial charge in [-0.15, -0.1) is 0 Å². The molecule has 3 heteroatoms. The molecule has 0 aliphatic carbocycles. The number of H-pyrrole nitrogens is 1. The highest BCUT2D eigenvalue weighted by Gasteiger charge is 2.05. The van der Waals surface area contributed by atoms with Gasteiger partial charge in [-0.05, 0) is 24.1 Å². The number of nitrogens with one attached hydrogen (secondary N) is 1. The molecule has 3 aromatic rings. The summed E-state index contributed by atoms with van der Waals surface area (Å²) in [5.41, 5.74) is 2.90. The number of aromatic amines is 1. The highest BCUT2D eigenvalue weighted by atomic mass is 16.5. The second-order valence-electron chi connectivity index (χ2n) is 4.78. The lowest BCUT2D eigenvalue weighted by Crippen LogP contribution is -2.02. The SMILES string of the molecule is Cc1cc2c(=O)cc[nH]c2cc1OCc1ccccc1. The van der Waals surface area contributed by atoms with Gasteiger partial charge in [-0.25, -0.2) is 0 Å². The first-order valence-corrected chi connectivity index (χ1v) is 6.53. The van der Waals surface area contributed by atoms with Crippen molar-refractivity contribution in [2.45, 2.75) is 13.5 Å². The molecule has 0 aliphatic heterocycles. The van der Waals surface area contributed by atoms with Crippen molar-refractivity contribution in [1.82, 2.24) is 4.98 Å². The summed E-state index contributed by atoms with van der Waals surface area (Å²) in [6.45, 7) is 2.47. The van der Waals surface area contributed by atoms with E-state index in [-0.39, 0.29) is 5.43 Å². The molecule has 0 unspecified atom stereocenters. The minimum atomic E-state index is 0.0245. The molecule has 0 bridgehead atoms. The Kier molecular flexibility index (Phi) is 3.25. The van der Waals surface area contributed by atoms with E-state index in [1.807, 2.05) is 49.4 Å². The van der Waals surface area contributed by atoms with Crippen LogP contribution in [0.2, 0.25) is 0 Å². The van der Waals surface area contributed by atoms with E-state index in [2.05, 4.69) is 4.98 Å². The standard InChI is InChI=1S/C17H15NO2/c1-12-9-14-15(18-8-7-16(14)19)10-17(12)20-11-13-5-3-2-4-6-13/h2-10H,11H2,1H3,(H,18,19). The maximum atomic E-state index is 11.8. The summed E-state index contributed by atoms with van der Waals surface area (Å²) in [5, 5.41) is 0.692. The number of aromatic nitrogens is 1. The van der Waals surface area contributed by atoms with Gasteiger partial charge in [0, 0.05) is 23.7 Å². The van der Waals surface area contributed by atoms with E-state index in [1.54, 1.807) is 6.20 Å². The van der Waals surface area contributed by atoms with Crippen LogP contribution in [0.5, 0.6) is 5.75 Å². The van der Waals surface area contributed by atoms with Gasteiger partial charge < -0.3 is 9.72 Å². The van der Waals surface area contributed by atoms with Crippen LogP contribution in [0.3, 0.4) is 0 Å². The molecule has 100 valence electrons. The van der Waals surface area contributed by atoms with Gasteiger partial charge in [0.25, 0.3) is 0 Å². The maximum absolute atomic E-state index is 11.8. The molecule has 0 saturated heterocycles. The van der Waals surface area contributed by atoms with E-state index < -0.39 is 0 Å². The number of hydrogen-bond donors (Lipinski definition) is 1. The number of aryl methyl sites for hydroxylation is 1. The number of rotatable bonds is 3. The summed E-state index contributed by atoms with van der Waals surface area (Å²) >= 11 is 0. The third kappa shape index (κ3) is 2.43. The lowest BCUT2D eigenvalue weighted by Gasteiger charge is -2.10. The van der Waals surface area contributed by atoms with Crippen LogP contribution in [0, 0.1) is 6.92 Å². The Balaban J connectivity index is 1.92. The fourth-order valence-corrected chi connectivity index (χ4v) is 2.20. The number of pyridine rings is 1. The quantitative estimate of drug-likeness (QED) is 0.788. The average Bonchev–Trinajstić information content (AvgIpc) is 2.47. The van der Waals surface area contributed by atoms with Gasteiger partial charge >= 0.3 is 0 Å². The number of ether oxygens (including phenoxy) is 1. The van der Waals surface area contributed by atoms with Gasteiger partial charge in [0.1, 0.15) is 12.4 Å². The molecule has 20 heavy (non-hydrogen) atoms. The van der Waals surface area contributed by atoms with Crippen LogP contribution >= 0.6 is 0 Å². The topological polar surface area (TPSA) is 42.1 Å². The zero-order valence-electron chi connectivity index (χ0n) is 11.2. The monoisotopic (exact) mass is 265 g/mol. The van der Waals surface area contributed by atoms with Crippen molar-refractivity contribution < 1.29 is 4.74 Å². The molecule has 0 fully saturated rings. The molecule has 3 nitrogen and oxygen atoms in total. The Morgan fingerprint density at radius 1 is 1.10 bits per heavy atom. The first-order valence-electron chi connectivity index (χ1n) is 6.53. The summed E-state index contributed by atoms with van der Waals surface area (Å²) in [7, 11) is 0. The normalized spacial score (nSPS) is 10.7. The van der Waals surface area contributed by atoms with E-state index >= 15 is 0 Å². The first kappa shape index (κ1) is 12.5. The summed E-state index contributed by atoms with van der Waals surface area (Å²) in [6, 6.07) is 15.3. The van der Waals surface area contributed by atoms with Crippen LogP contribution < -0.4 is 10.2 Å². The number of fused-ring (bicyclic) bond motifs is 1. The van der Waals surface area contributed by atoms with Gasteiger partial charge in [0.15, 0.2) is 5.43 Å². The molecule has 3 rings (SSSR count). The molecule has 0 amide bonds. The molecule has 0 spiro atoms. The minimum Gasteiger partial charge on any atom is -0.489 e. The largest absolute Gasteiger partial charge is 0.489 e. The molecule has 1 N–H and O–H groups in total. The van der Waals surface area contributed by atoms with Crippen LogP contribution in [0.25, 0.3) is 10.9 Å². The third-order valence-electron chi connectivity index (χ3n) is 3.29. The predicted molar refractivity (Wildman–Crippen MR) is 80.1 cm³/mol. The van der Waals surface area contributed by atoms with Gasteiger partial charge in [0.2, 0.25) is 0 Å². The van der Waals surface area contributed by atoms with Gasteiger partial charge in [-0.1, -0.05) is 30.3 Å². The Morgan fingerprint density at radius 3 is 2.70 bits per heavy atom. The molecule has 1 heterocycles. The zero-order valence-corrected chi connectivity index (χ0v) is 11.2. The van der Waals surface area contributed by atoms with Crippen molar-refractivity contribution in [2.24, 2.45) is 0 Å². The van der Waals surface area contributed by atoms with Crippen molar-refractivity contribution >= 4 is 10.9 Å². The van der Waals surface area contributed by atoms with Crippen LogP contribution in [0.15, 0.2) is 59.5 Å². The highest BCUT2D eigenvalue weighted by molar-refractivity contribution is 5.80. The molecule has 2 aromatic carbocycles. The Hall–Kier alpha value is -2.55. The fraction of sp³-hybridized carbons (Fsp3) is 0.118. The Bertz CT molecular complexity index is 791. The Morgan fingerprint density at radius 2 is 1.90 bits per heavy atom. The van der Waals surface area contributed by atoms with Gasteiger partial charge in [0.05, 0.1) is 5.52 Å². The van der Waals surface area contributed by atoms with E-state index in [9.17, 15) is 4.79 Å². The summed E-state index contributed by atoms with van der Waals surface area (Å²) in [6.07, 6.45) is 1.65. The maximum Gasteiger partial charge on any atom is 0.189 e. The second-order valence-corrected chi connectivity index (χ2v) is 4.78. The molecule has 0 saturated carbocycles. The predicted octanol–water partition coefficient (Wildman–Crippen LogP) is 3.42. The van der Waals surface area contributed by atoms with Crippen molar-refractivity contribution in [3.63, 3.8) is 0 Å². The summed E-state index contributed by atoms with van der Waals surface area (Å²) < 4.78 is 5.85. The molecular formula is C17H15NO2. The molecule has 1 aromatic heterocycles. The number of hydrogen-bond acceptors (Lipinski definition) is 2. The van der Waals surface area contributed by atoms with Crippen molar-refractivity contribution in [3.8, 4) is 5.75 Å².